The molecule has 5 N–H and O–H groups in total. The molecule has 0 saturated carbocycles. The summed E-state index contributed by atoms with van der Waals surface area (Å²) < 4.78 is 31.5. The van der Waals surface area contributed by atoms with Gasteiger partial charge in [0.2, 0.25) is 5.71 Å². The fraction of sp³-hybridized carbons (Fsp3) is 0.100. The van der Waals surface area contributed by atoms with Crippen LogP contribution in [0.15, 0.2) is 28.2 Å². The molecule has 0 aromatic heterocycles. The van der Waals surface area contributed by atoms with Gasteiger partial charge in [-0.2, -0.15) is 18.8 Å². The lowest BCUT2D eigenvalue weighted by Gasteiger charge is -2.07. The first-order chi connectivity index (χ1) is 8.75. The first kappa shape index (κ1) is 14.6. The Balaban J connectivity index is 3.24. The van der Waals surface area contributed by atoms with Crippen LogP contribution >= 0.6 is 0 Å². The fourth-order valence-electron chi connectivity index (χ4n) is 1.20. The SMILES string of the molecule is Cc1ccc(N/N=C(\C#N)C(=N)N)c(S(=O)(=O)O)c1. The molecule has 0 aliphatic carbocycles. The first-order valence-electron chi connectivity index (χ1n) is 4.92. The van der Waals surface area contributed by atoms with Gasteiger partial charge in [0.25, 0.3) is 10.1 Å². The van der Waals surface area contributed by atoms with Gasteiger partial charge in [-0.15, -0.1) is 0 Å². The third-order valence-electron chi connectivity index (χ3n) is 2.06. The molecule has 0 bridgehead atoms. The lowest BCUT2D eigenvalue weighted by atomic mass is 10.2. The highest BCUT2D eigenvalue weighted by molar-refractivity contribution is 7.86. The molecule has 0 spiro atoms. The van der Waals surface area contributed by atoms with Gasteiger partial charge in [0, 0.05) is 0 Å². The molecule has 0 unspecified atom stereocenters. The molecule has 1 rings (SSSR count). The predicted molar refractivity (Wildman–Crippen MR) is 69.6 cm³/mol. The van der Waals surface area contributed by atoms with Gasteiger partial charge >= 0.3 is 0 Å². The van der Waals surface area contributed by atoms with Gasteiger partial charge in [-0.3, -0.25) is 15.4 Å². The zero-order valence-electron chi connectivity index (χ0n) is 9.88. The van der Waals surface area contributed by atoms with Crippen molar-refractivity contribution >= 4 is 27.4 Å². The summed E-state index contributed by atoms with van der Waals surface area (Å²) in [5.41, 5.74) is 7.56. The van der Waals surface area contributed by atoms with E-state index in [-0.39, 0.29) is 10.6 Å². The Bertz CT molecular complexity index is 688. The van der Waals surface area contributed by atoms with Crippen LogP contribution in [0.5, 0.6) is 0 Å². The predicted octanol–water partition coefficient (Wildman–Crippen LogP) is 0.469. The van der Waals surface area contributed by atoms with E-state index in [1.807, 2.05) is 0 Å². The van der Waals surface area contributed by atoms with Gasteiger partial charge in [0.05, 0.1) is 5.69 Å². The third kappa shape index (κ3) is 3.77. The number of anilines is 1. The van der Waals surface area contributed by atoms with Crippen LogP contribution in [0.1, 0.15) is 5.56 Å². The van der Waals surface area contributed by atoms with Crippen LogP contribution in [0.25, 0.3) is 0 Å². The molecule has 0 heterocycles. The number of nitrogens with zero attached hydrogens (tertiary/aromatic N) is 2. The minimum atomic E-state index is -4.43. The smallest absolute Gasteiger partial charge is 0.296 e. The standard InChI is InChI=1S/C10H11N5O3S/c1-6-2-3-7(9(4-6)19(16,17)18)14-15-8(5-11)10(12)13/h2-4,14H,1H3,(H3,12,13)(H,16,17,18)/b15-8+. The summed E-state index contributed by atoms with van der Waals surface area (Å²) in [5.74, 6) is -0.560. The topological polar surface area (TPSA) is 152 Å². The molecule has 9 heteroatoms. The van der Waals surface area contributed by atoms with E-state index in [1.54, 1.807) is 19.1 Å². The monoisotopic (exact) mass is 281 g/mol. The largest absolute Gasteiger partial charge is 0.382 e. The van der Waals surface area contributed by atoms with Gasteiger partial charge in [-0.05, 0) is 24.6 Å². The van der Waals surface area contributed by atoms with Crippen LogP contribution in [0, 0.1) is 23.7 Å². The molecule has 0 amide bonds. The number of amidine groups is 1. The minimum Gasteiger partial charge on any atom is -0.382 e. The molecule has 1 aromatic carbocycles. The van der Waals surface area contributed by atoms with E-state index < -0.39 is 21.7 Å². The van der Waals surface area contributed by atoms with E-state index in [0.29, 0.717) is 5.56 Å². The van der Waals surface area contributed by atoms with E-state index in [2.05, 4.69) is 10.5 Å². The zero-order chi connectivity index (χ0) is 14.6. The van der Waals surface area contributed by atoms with Crippen molar-refractivity contribution in [3.63, 3.8) is 0 Å². The van der Waals surface area contributed by atoms with Crippen molar-refractivity contribution in [2.75, 3.05) is 5.43 Å². The Morgan fingerprint density at radius 1 is 1.58 bits per heavy atom. The average molecular weight is 281 g/mol. The van der Waals surface area contributed by atoms with Gasteiger partial charge in [0.1, 0.15) is 11.0 Å². The average Bonchev–Trinajstić information content (AvgIpc) is 2.29. The quantitative estimate of drug-likeness (QED) is 0.272. The van der Waals surface area contributed by atoms with Gasteiger partial charge in [-0.1, -0.05) is 6.07 Å². The van der Waals surface area contributed by atoms with E-state index in [4.69, 9.17) is 21.0 Å². The summed E-state index contributed by atoms with van der Waals surface area (Å²) in [6, 6.07) is 5.77. The Morgan fingerprint density at radius 2 is 2.21 bits per heavy atom. The summed E-state index contributed by atoms with van der Waals surface area (Å²) in [4.78, 5) is -0.378. The number of aryl methyl sites for hydroxylation is 1. The highest BCUT2D eigenvalue weighted by atomic mass is 32.2. The molecule has 0 aliphatic rings. The Labute approximate surface area is 109 Å². The van der Waals surface area contributed by atoms with Gasteiger partial charge < -0.3 is 5.73 Å². The molecule has 19 heavy (non-hydrogen) atoms. The number of nitriles is 1. The summed E-state index contributed by atoms with van der Waals surface area (Å²) >= 11 is 0. The van der Waals surface area contributed by atoms with Crippen molar-refractivity contribution in [1.29, 1.82) is 10.7 Å². The number of benzene rings is 1. The maximum atomic E-state index is 11.2. The van der Waals surface area contributed by atoms with E-state index in [0.717, 1.165) is 0 Å². The Morgan fingerprint density at radius 3 is 2.68 bits per heavy atom. The van der Waals surface area contributed by atoms with Crippen LogP contribution in [0.3, 0.4) is 0 Å². The molecule has 0 radical (unpaired) electrons. The van der Waals surface area contributed by atoms with Crippen molar-refractivity contribution in [2.45, 2.75) is 11.8 Å². The molecule has 100 valence electrons. The number of rotatable bonds is 4. The second-order valence-corrected chi connectivity index (χ2v) is 4.96. The zero-order valence-corrected chi connectivity index (χ0v) is 10.7. The maximum absolute atomic E-state index is 11.2. The van der Waals surface area contributed by atoms with E-state index >= 15 is 0 Å². The summed E-state index contributed by atoms with van der Waals surface area (Å²) in [6.07, 6.45) is 0. The van der Waals surface area contributed by atoms with Gasteiger partial charge in [-0.25, -0.2) is 0 Å². The van der Waals surface area contributed by atoms with Crippen LogP contribution in [-0.4, -0.2) is 24.5 Å². The van der Waals surface area contributed by atoms with E-state index in [1.165, 1.54) is 12.1 Å². The van der Waals surface area contributed by atoms with Crippen molar-refractivity contribution in [2.24, 2.45) is 10.8 Å². The highest BCUT2D eigenvalue weighted by Crippen LogP contribution is 2.22. The first-order valence-corrected chi connectivity index (χ1v) is 6.36. The number of hydrazone groups is 1. The summed E-state index contributed by atoms with van der Waals surface area (Å²) in [7, 11) is -4.43. The van der Waals surface area contributed by atoms with E-state index in [9.17, 15) is 8.42 Å². The van der Waals surface area contributed by atoms with Crippen molar-refractivity contribution in [1.82, 2.24) is 0 Å². The van der Waals surface area contributed by atoms with Crippen molar-refractivity contribution in [3.8, 4) is 6.07 Å². The van der Waals surface area contributed by atoms with Gasteiger partial charge in [0.15, 0.2) is 5.84 Å². The lowest BCUT2D eigenvalue weighted by Crippen LogP contribution is -2.22. The maximum Gasteiger partial charge on any atom is 0.296 e. The molecule has 0 aliphatic heterocycles. The van der Waals surface area contributed by atoms with Crippen LogP contribution in [0.4, 0.5) is 5.69 Å². The Hall–Kier alpha value is -2.44. The molecular formula is C10H11N5O3S. The van der Waals surface area contributed by atoms with Crippen LogP contribution in [0.2, 0.25) is 0 Å². The molecule has 8 nitrogen and oxygen atoms in total. The normalized spacial score (nSPS) is 11.7. The summed E-state index contributed by atoms with van der Waals surface area (Å²) in [5, 5.41) is 19.2. The van der Waals surface area contributed by atoms with Crippen LogP contribution in [-0.2, 0) is 10.1 Å². The Kier molecular flexibility index (Phi) is 4.21. The van der Waals surface area contributed by atoms with Crippen molar-refractivity contribution < 1.29 is 13.0 Å². The molecule has 0 fully saturated rings. The van der Waals surface area contributed by atoms with Crippen LogP contribution < -0.4 is 11.2 Å². The fourth-order valence-corrected chi connectivity index (χ4v) is 1.92. The van der Waals surface area contributed by atoms with Crippen molar-refractivity contribution in [3.05, 3.63) is 23.8 Å². The second-order valence-electron chi connectivity index (χ2n) is 3.57. The second kappa shape index (κ2) is 5.47. The number of hydrogen-bond donors (Lipinski definition) is 4. The minimum absolute atomic E-state index is 0.0258. The number of nitrogens with two attached hydrogens (primary N) is 1. The molecule has 0 saturated heterocycles. The molecule has 0 atom stereocenters. The highest BCUT2D eigenvalue weighted by Gasteiger charge is 2.15. The molecule has 1 aromatic rings. The number of hydrogen-bond acceptors (Lipinski definition) is 6. The number of nitrogens with one attached hydrogen (secondary N) is 2. The third-order valence-corrected chi connectivity index (χ3v) is 2.96. The molecular weight excluding hydrogens is 270 g/mol. The lowest BCUT2D eigenvalue weighted by molar-refractivity contribution is 0.483. The summed E-state index contributed by atoms with van der Waals surface area (Å²) in [6.45, 7) is 1.65.